The van der Waals surface area contributed by atoms with Crippen LogP contribution in [0.5, 0.6) is 0 Å². The van der Waals surface area contributed by atoms with Crippen molar-refractivity contribution in [2.24, 2.45) is 0 Å². The van der Waals surface area contributed by atoms with E-state index in [2.05, 4.69) is 4.98 Å². The fourth-order valence-corrected chi connectivity index (χ4v) is 4.32. The van der Waals surface area contributed by atoms with Gasteiger partial charge in [-0.1, -0.05) is 0 Å². The highest BCUT2D eigenvalue weighted by Crippen LogP contribution is 2.28. The summed E-state index contributed by atoms with van der Waals surface area (Å²) in [5.74, 6) is -0.415. The van der Waals surface area contributed by atoms with Crippen LogP contribution < -0.4 is 16.1 Å². The molecule has 29 heavy (non-hydrogen) atoms. The number of carbonyl (C=O) groups is 1. The van der Waals surface area contributed by atoms with Crippen LogP contribution in [0.25, 0.3) is 22.2 Å². The number of pyridine rings is 1. The molecule has 0 radical (unpaired) electrons. The number of carbonyl (C=O) groups excluding carboxylic acids is 1. The molecular weight excluding hydrogens is 393 g/mol. The molecule has 3 heterocycles. The molecule has 0 bridgehead atoms. The Labute approximate surface area is 171 Å². The van der Waals surface area contributed by atoms with Crippen molar-refractivity contribution < 1.29 is 9.18 Å². The van der Waals surface area contributed by atoms with Crippen LogP contribution in [-0.2, 0) is 11.3 Å². The number of piperazine rings is 1. The molecule has 0 spiro atoms. The summed E-state index contributed by atoms with van der Waals surface area (Å²) in [5, 5.41) is 2.44. The first kappa shape index (κ1) is 19.4. The van der Waals surface area contributed by atoms with Crippen molar-refractivity contribution in [3.63, 3.8) is 0 Å². The van der Waals surface area contributed by atoms with E-state index in [9.17, 15) is 9.59 Å². The molecule has 2 aromatic heterocycles. The minimum Gasteiger partial charge on any atom is -0.375 e. The molecule has 1 amide bonds. The SMILES string of the molecule is CCn1cc(-c2csc(N)n2)c(=O)c2cc(F)c(N3CCN(C(C)=O)CC3)cc21. The van der Waals surface area contributed by atoms with Crippen LogP contribution in [0.3, 0.4) is 0 Å². The lowest BCUT2D eigenvalue weighted by molar-refractivity contribution is -0.129. The number of hydrogen-bond donors (Lipinski definition) is 1. The monoisotopic (exact) mass is 415 g/mol. The Hall–Kier alpha value is -2.94. The van der Waals surface area contributed by atoms with Crippen LogP contribution in [0, 0.1) is 5.82 Å². The van der Waals surface area contributed by atoms with Crippen LogP contribution in [0.15, 0.2) is 28.5 Å². The molecule has 9 heteroatoms. The number of nitrogens with zero attached hydrogens (tertiary/aromatic N) is 4. The highest BCUT2D eigenvalue weighted by Gasteiger charge is 2.23. The summed E-state index contributed by atoms with van der Waals surface area (Å²) in [6.07, 6.45) is 1.76. The summed E-state index contributed by atoms with van der Waals surface area (Å²) < 4.78 is 16.9. The number of anilines is 2. The van der Waals surface area contributed by atoms with E-state index < -0.39 is 5.82 Å². The second-order valence-electron chi connectivity index (χ2n) is 7.04. The number of thiazole rings is 1. The Morgan fingerprint density at radius 1 is 1.28 bits per heavy atom. The van der Waals surface area contributed by atoms with Crippen molar-refractivity contribution in [2.45, 2.75) is 20.4 Å². The van der Waals surface area contributed by atoms with Gasteiger partial charge in [0.05, 0.1) is 22.5 Å². The van der Waals surface area contributed by atoms with Gasteiger partial charge >= 0.3 is 0 Å². The number of nitrogen functional groups attached to an aromatic ring is 1. The van der Waals surface area contributed by atoms with Crippen LogP contribution in [0.4, 0.5) is 15.2 Å². The zero-order valence-electron chi connectivity index (χ0n) is 16.3. The number of aryl methyl sites for hydroxylation is 1. The predicted molar refractivity (Wildman–Crippen MR) is 114 cm³/mol. The molecule has 2 N–H and O–H groups in total. The van der Waals surface area contributed by atoms with E-state index >= 15 is 4.39 Å². The lowest BCUT2D eigenvalue weighted by atomic mass is 10.1. The topological polar surface area (TPSA) is 84.5 Å². The number of aromatic nitrogens is 2. The van der Waals surface area contributed by atoms with Crippen LogP contribution in [0.1, 0.15) is 13.8 Å². The zero-order valence-corrected chi connectivity index (χ0v) is 17.1. The number of fused-ring (bicyclic) bond motifs is 1. The van der Waals surface area contributed by atoms with E-state index in [0.29, 0.717) is 65.7 Å². The molecule has 1 aromatic carbocycles. The van der Waals surface area contributed by atoms with E-state index in [-0.39, 0.29) is 11.3 Å². The fourth-order valence-electron chi connectivity index (χ4n) is 3.76. The van der Waals surface area contributed by atoms with Gasteiger partial charge in [-0.15, -0.1) is 11.3 Å². The molecule has 0 saturated carbocycles. The van der Waals surface area contributed by atoms with Gasteiger partial charge < -0.3 is 20.1 Å². The second-order valence-corrected chi connectivity index (χ2v) is 7.93. The van der Waals surface area contributed by atoms with Gasteiger partial charge in [-0.05, 0) is 19.1 Å². The Morgan fingerprint density at radius 2 is 2.00 bits per heavy atom. The van der Waals surface area contributed by atoms with Gasteiger partial charge in [0, 0.05) is 56.6 Å². The lowest BCUT2D eigenvalue weighted by Gasteiger charge is -2.36. The minimum absolute atomic E-state index is 0.0265. The first-order valence-corrected chi connectivity index (χ1v) is 10.4. The molecule has 4 rings (SSSR count). The molecule has 1 fully saturated rings. The average molecular weight is 415 g/mol. The third-order valence-corrected chi connectivity index (χ3v) is 6.03. The van der Waals surface area contributed by atoms with Crippen molar-refractivity contribution >= 4 is 39.0 Å². The summed E-state index contributed by atoms with van der Waals surface area (Å²) >= 11 is 1.26. The minimum atomic E-state index is -0.441. The lowest BCUT2D eigenvalue weighted by Crippen LogP contribution is -2.48. The highest BCUT2D eigenvalue weighted by atomic mass is 32.1. The van der Waals surface area contributed by atoms with Crippen LogP contribution in [0.2, 0.25) is 0 Å². The molecule has 152 valence electrons. The summed E-state index contributed by atoms with van der Waals surface area (Å²) in [6, 6.07) is 3.05. The van der Waals surface area contributed by atoms with Crippen molar-refractivity contribution in [1.82, 2.24) is 14.5 Å². The summed E-state index contributed by atoms with van der Waals surface area (Å²) in [6.45, 7) is 6.34. The maximum absolute atomic E-state index is 15.0. The first-order valence-electron chi connectivity index (χ1n) is 9.47. The first-order chi connectivity index (χ1) is 13.9. The summed E-state index contributed by atoms with van der Waals surface area (Å²) in [4.78, 5) is 32.5. The van der Waals surface area contributed by atoms with Gasteiger partial charge in [0.2, 0.25) is 5.91 Å². The number of benzene rings is 1. The van der Waals surface area contributed by atoms with Crippen molar-refractivity contribution in [2.75, 3.05) is 36.8 Å². The van der Waals surface area contributed by atoms with E-state index in [1.165, 1.54) is 17.4 Å². The maximum Gasteiger partial charge on any atom is 0.219 e. The summed E-state index contributed by atoms with van der Waals surface area (Å²) in [5.41, 5.74) is 7.50. The third kappa shape index (κ3) is 3.46. The third-order valence-electron chi connectivity index (χ3n) is 5.35. The van der Waals surface area contributed by atoms with Gasteiger partial charge in [0.25, 0.3) is 0 Å². The molecule has 0 unspecified atom stereocenters. The quantitative estimate of drug-likeness (QED) is 0.711. The number of halogens is 1. The number of rotatable bonds is 3. The van der Waals surface area contributed by atoms with E-state index in [1.54, 1.807) is 29.5 Å². The van der Waals surface area contributed by atoms with Crippen molar-refractivity contribution in [3.8, 4) is 11.3 Å². The molecule has 1 aliphatic heterocycles. The zero-order chi connectivity index (χ0) is 20.7. The number of hydrogen-bond acceptors (Lipinski definition) is 6. The molecule has 0 atom stereocenters. The maximum atomic E-state index is 15.0. The van der Waals surface area contributed by atoms with E-state index in [4.69, 9.17) is 5.73 Å². The van der Waals surface area contributed by atoms with E-state index in [0.717, 1.165) is 0 Å². The standard InChI is InChI=1S/C20H22FN5O2S/c1-3-24-10-14(16-11-29-20(22)23-16)19(28)13-8-15(21)18(9-17(13)24)26-6-4-25(5-7-26)12(2)27/h8-11H,3-7H2,1-2H3,(H2,22,23). The smallest absolute Gasteiger partial charge is 0.219 e. The summed E-state index contributed by atoms with van der Waals surface area (Å²) in [7, 11) is 0. The molecule has 7 nitrogen and oxygen atoms in total. The van der Waals surface area contributed by atoms with Crippen molar-refractivity contribution in [3.05, 3.63) is 39.8 Å². The second kappa shape index (κ2) is 7.47. The van der Waals surface area contributed by atoms with E-state index in [1.807, 2.05) is 16.4 Å². The van der Waals surface area contributed by atoms with Gasteiger partial charge in [-0.2, -0.15) is 0 Å². The van der Waals surface area contributed by atoms with Crippen LogP contribution >= 0.6 is 11.3 Å². The van der Waals surface area contributed by atoms with Gasteiger partial charge in [-0.3, -0.25) is 9.59 Å². The average Bonchev–Trinajstić information content (AvgIpc) is 3.14. The highest BCUT2D eigenvalue weighted by molar-refractivity contribution is 7.13. The molecule has 0 aliphatic carbocycles. The molecular formula is C20H22FN5O2S. The molecule has 3 aromatic rings. The number of nitrogens with two attached hydrogens (primary N) is 1. The Kier molecular flexibility index (Phi) is 4.99. The Bertz CT molecular complexity index is 1150. The van der Waals surface area contributed by atoms with Gasteiger partial charge in [0.1, 0.15) is 5.82 Å². The van der Waals surface area contributed by atoms with Crippen LogP contribution in [-0.4, -0.2) is 46.5 Å². The van der Waals surface area contributed by atoms with Gasteiger partial charge in [0.15, 0.2) is 10.6 Å². The predicted octanol–water partition coefficient (Wildman–Crippen LogP) is 2.53. The Balaban J connectivity index is 1.80. The Morgan fingerprint density at radius 3 is 2.59 bits per heavy atom. The molecule has 1 aliphatic rings. The largest absolute Gasteiger partial charge is 0.375 e. The normalized spacial score (nSPS) is 14.6. The fraction of sp³-hybridized carbons (Fsp3) is 0.350. The number of amides is 1. The van der Waals surface area contributed by atoms with Crippen molar-refractivity contribution in [1.29, 1.82) is 0 Å². The molecule has 1 saturated heterocycles. The van der Waals surface area contributed by atoms with Gasteiger partial charge in [-0.25, -0.2) is 9.37 Å².